The number of carbonyl (C=O) groups is 1. The van der Waals surface area contributed by atoms with Crippen LogP contribution in [0.15, 0.2) is 18.2 Å². The summed E-state index contributed by atoms with van der Waals surface area (Å²) in [5.41, 5.74) is 0.739. The van der Waals surface area contributed by atoms with Crippen LogP contribution in [0, 0.1) is 0 Å². The monoisotopic (exact) mass is 279 g/mol. The highest BCUT2D eigenvalue weighted by Gasteiger charge is 2.30. The third kappa shape index (κ3) is 3.04. The normalized spacial score (nSPS) is 16.9. The van der Waals surface area contributed by atoms with E-state index in [1.165, 1.54) is 0 Å². The Labute approximate surface area is 119 Å². The van der Waals surface area contributed by atoms with Crippen molar-refractivity contribution >= 4 is 5.97 Å². The molecule has 1 N–H and O–H groups in total. The average molecular weight is 279 g/mol. The zero-order chi connectivity index (χ0) is 14.5. The zero-order valence-electron chi connectivity index (χ0n) is 12.0. The van der Waals surface area contributed by atoms with Crippen LogP contribution in [-0.4, -0.2) is 42.8 Å². The van der Waals surface area contributed by atoms with E-state index in [1.807, 2.05) is 11.8 Å². The predicted molar refractivity (Wildman–Crippen MR) is 75.3 cm³/mol. The van der Waals surface area contributed by atoms with Crippen molar-refractivity contribution in [2.24, 2.45) is 0 Å². The summed E-state index contributed by atoms with van der Waals surface area (Å²) in [5.74, 6) is 0.402. The van der Waals surface area contributed by atoms with Gasteiger partial charge in [0.2, 0.25) is 0 Å². The molecule has 1 aromatic rings. The topological polar surface area (TPSA) is 59.0 Å². The van der Waals surface area contributed by atoms with Crippen LogP contribution in [0.5, 0.6) is 11.5 Å². The lowest BCUT2D eigenvalue weighted by atomic mass is 10.0. The number of benzene rings is 1. The van der Waals surface area contributed by atoms with Crippen molar-refractivity contribution < 1.29 is 19.4 Å². The van der Waals surface area contributed by atoms with E-state index >= 15 is 0 Å². The first-order valence-corrected chi connectivity index (χ1v) is 6.95. The first kappa shape index (κ1) is 14.7. The molecule has 1 heterocycles. The number of carboxylic acid groups (broad SMARTS) is 1. The maximum Gasteiger partial charge on any atom is 0.325 e. The van der Waals surface area contributed by atoms with Crippen LogP contribution in [0.3, 0.4) is 0 Å². The summed E-state index contributed by atoms with van der Waals surface area (Å²) in [5, 5.41) is 9.52. The SMILES string of the molecule is CCOc1cc(C(C(=O)O)N2CCCC2)ccc1OC. The molecule has 0 aliphatic carbocycles. The van der Waals surface area contributed by atoms with E-state index in [0.717, 1.165) is 31.5 Å². The van der Waals surface area contributed by atoms with Gasteiger partial charge in [-0.05, 0) is 50.6 Å². The smallest absolute Gasteiger partial charge is 0.325 e. The lowest BCUT2D eigenvalue weighted by Crippen LogP contribution is -2.31. The van der Waals surface area contributed by atoms with Crippen LogP contribution in [-0.2, 0) is 4.79 Å². The molecular weight excluding hydrogens is 258 g/mol. The highest BCUT2D eigenvalue weighted by Crippen LogP contribution is 2.33. The molecule has 1 aliphatic heterocycles. The molecule has 20 heavy (non-hydrogen) atoms. The summed E-state index contributed by atoms with van der Waals surface area (Å²) in [6.45, 7) is 4.06. The summed E-state index contributed by atoms with van der Waals surface area (Å²) in [4.78, 5) is 13.6. The third-order valence-electron chi connectivity index (χ3n) is 3.54. The van der Waals surface area contributed by atoms with Crippen LogP contribution in [0.1, 0.15) is 31.4 Å². The van der Waals surface area contributed by atoms with Crippen molar-refractivity contribution in [1.82, 2.24) is 4.90 Å². The number of hydrogen-bond donors (Lipinski definition) is 1. The number of likely N-dealkylation sites (tertiary alicyclic amines) is 1. The molecule has 1 aromatic carbocycles. The molecule has 0 spiro atoms. The third-order valence-corrected chi connectivity index (χ3v) is 3.54. The zero-order valence-corrected chi connectivity index (χ0v) is 12.0. The first-order chi connectivity index (χ1) is 9.67. The van der Waals surface area contributed by atoms with Gasteiger partial charge < -0.3 is 14.6 Å². The Morgan fingerprint density at radius 2 is 2.05 bits per heavy atom. The molecule has 1 saturated heterocycles. The standard InChI is InChI=1S/C15H21NO4/c1-3-20-13-10-11(6-7-12(13)19-2)14(15(17)18)16-8-4-5-9-16/h6-7,10,14H,3-5,8-9H2,1-2H3,(H,17,18). The van der Waals surface area contributed by atoms with E-state index < -0.39 is 12.0 Å². The Kier molecular flexibility index (Phi) is 4.84. The van der Waals surface area contributed by atoms with E-state index in [1.54, 1.807) is 25.3 Å². The summed E-state index contributed by atoms with van der Waals surface area (Å²) in [6, 6.07) is 4.74. The van der Waals surface area contributed by atoms with Crippen LogP contribution in [0.4, 0.5) is 0 Å². The van der Waals surface area contributed by atoms with Gasteiger partial charge in [-0.1, -0.05) is 6.07 Å². The van der Waals surface area contributed by atoms with Crippen LogP contribution < -0.4 is 9.47 Å². The molecule has 0 amide bonds. The molecule has 0 radical (unpaired) electrons. The highest BCUT2D eigenvalue weighted by atomic mass is 16.5. The Bertz CT molecular complexity index is 469. The second kappa shape index (κ2) is 6.61. The van der Waals surface area contributed by atoms with Gasteiger partial charge in [-0.25, -0.2) is 0 Å². The highest BCUT2D eigenvalue weighted by molar-refractivity contribution is 5.76. The lowest BCUT2D eigenvalue weighted by molar-refractivity contribution is -0.143. The molecule has 1 fully saturated rings. The van der Waals surface area contributed by atoms with Gasteiger partial charge in [0.15, 0.2) is 11.5 Å². The number of carboxylic acids is 1. The average Bonchev–Trinajstić information content (AvgIpc) is 2.93. The Morgan fingerprint density at radius 1 is 1.35 bits per heavy atom. The van der Waals surface area contributed by atoms with Gasteiger partial charge in [-0.3, -0.25) is 9.69 Å². The molecular formula is C15H21NO4. The number of aliphatic carboxylic acids is 1. The van der Waals surface area contributed by atoms with Gasteiger partial charge in [-0.2, -0.15) is 0 Å². The Balaban J connectivity index is 2.32. The quantitative estimate of drug-likeness (QED) is 0.866. The van der Waals surface area contributed by atoms with Crippen molar-refractivity contribution in [3.8, 4) is 11.5 Å². The number of ether oxygens (including phenoxy) is 2. The largest absolute Gasteiger partial charge is 0.493 e. The van der Waals surface area contributed by atoms with E-state index in [2.05, 4.69) is 0 Å². The van der Waals surface area contributed by atoms with Gasteiger partial charge in [0.25, 0.3) is 0 Å². The van der Waals surface area contributed by atoms with Crippen molar-refractivity contribution in [3.05, 3.63) is 23.8 Å². The molecule has 1 atom stereocenters. The Morgan fingerprint density at radius 3 is 2.60 bits per heavy atom. The predicted octanol–water partition coefficient (Wildman–Crippen LogP) is 2.32. The fourth-order valence-corrected chi connectivity index (χ4v) is 2.64. The molecule has 5 nitrogen and oxygen atoms in total. The molecule has 110 valence electrons. The summed E-state index contributed by atoms with van der Waals surface area (Å²) in [7, 11) is 1.58. The minimum atomic E-state index is -0.820. The minimum absolute atomic E-state index is 0.515. The summed E-state index contributed by atoms with van der Waals surface area (Å²) >= 11 is 0. The molecule has 0 saturated carbocycles. The van der Waals surface area contributed by atoms with E-state index in [4.69, 9.17) is 9.47 Å². The van der Waals surface area contributed by atoms with E-state index in [-0.39, 0.29) is 0 Å². The second-order valence-corrected chi connectivity index (χ2v) is 4.83. The molecule has 0 bridgehead atoms. The van der Waals surface area contributed by atoms with Crippen molar-refractivity contribution in [3.63, 3.8) is 0 Å². The van der Waals surface area contributed by atoms with Gasteiger partial charge in [-0.15, -0.1) is 0 Å². The summed E-state index contributed by atoms with van der Waals surface area (Å²) in [6.07, 6.45) is 2.11. The number of nitrogens with zero attached hydrogens (tertiary/aromatic N) is 1. The van der Waals surface area contributed by atoms with Crippen molar-refractivity contribution in [1.29, 1.82) is 0 Å². The van der Waals surface area contributed by atoms with Gasteiger partial charge in [0.1, 0.15) is 6.04 Å². The van der Waals surface area contributed by atoms with Crippen LogP contribution in [0.2, 0.25) is 0 Å². The van der Waals surface area contributed by atoms with Crippen molar-refractivity contribution in [2.75, 3.05) is 26.8 Å². The van der Waals surface area contributed by atoms with E-state index in [0.29, 0.717) is 18.1 Å². The summed E-state index contributed by atoms with van der Waals surface area (Å²) < 4.78 is 10.8. The molecule has 1 aliphatic rings. The fourth-order valence-electron chi connectivity index (χ4n) is 2.64. The van der Waals surface area contributed by atoms with Crippen LogP contribution in [0.25, 0.3) is 0 Å². The van der Waals surface area contributed by atoms with Crippen LogP contribution >= 0.6 is 0 Å². The fraction of sp³-hybridized carbons (Fsp3) is 0.533. The maximum atomic E-state index is 11.6. The minimum Gasteiger partial charge on any atom is -0.493 e. The lowest BCUT2D eigenvalue weighted by Gasteiger charge is -2.24. The molecule has 2 rings (SSSR count). The van der Waals surface area contributed by atoms with Gasteiger partial charge >= 0.3 is 5.97 Å². The number of hydrogen-bond acceptors (Lipinski definition) is 4. The van der Waals surface area contributed by atoms with Crippen molar-refractivity contribution in [2.45, 2.75) is 25.8 Å². The molecule has 1 unspecified atom stereocenters. The van der Waals surface area contributed by atoms with Gasteiger partial charge in [0, 0.05) is 0 Å². The number of methoxy groups -OCH3 is 1. The molecule has 0 aromatic heterocycles. The Hall–Kier alpha value is -1.75. The number of rotatable bonds is 6. The molecule has 5 heteroatoms. The second-order valence-electron chi connectivity index (χ2n) is 4.83. The first-order valence-electron chi connectivity index (χ1n) is 6.95. The van der Waals surface area contributed by atoms with E-state index in [9.17, 15) is 9.90 Å². The maximum absolute atomic E-state index is 11.6. The van der Waals surface area contributed by atoms with Gasteiger partial charge in [0.05, 0.1) is 13.7 Å².